The van der Waals surface area contributed by atoms with E-state index in [-0.39, 0.29) is 0 Å². The number of hydrogen-bond acceptors (Lipinski definition) is 3. The maximum absolute atomic E-state index is 6.15. The standard InChI is InChI=1S/C16H16N2S/c1-9-5-3-6-11(10(9)2)12-7-4-8-13-14(12)15(17)16(18)19-13/h3-8H,17-18H2,1-2H3. The molecule has 0 saturated carbocycles. The molecule has 0 fully saturated rings. The largest absolute Gasteiger partial charge is 0.396 e. The van der Waals surface area contributed by atoms with Crippen molar-refractivity contribution < 1.29 is 0 Å². The first-order chi connectivity index (χ1) is 9.09. The zero-order chi connectivity index (χ0) is 13.6. The molecule has 4 N–H and O–H groups in total. The van der Waals surface area contributed by atoms with Crippen LogP contribution in [0.2, 0.25) is 0 Å². The van der Waals surface area contributed by atoms with Gasteiger partial charge in [-0.25, -0.2) is 0 Å². The minimum Gasteiger partial charge on any atom is -0.396 e. The van der Waals surface area contributed by atoms with Crippen LogP contribution in [0, 0.1) is 13.8 Å². The second-order valence-electron chi connectivity index (χ2n) is 4.81. The summed E-state index contributed by atoms with van der Waals surface area (Å²) in [5.74, 6) is 0. The number of rotatable bonds is 1. The summed E-state index contributed by atoms with van der Waals surface area (Å²) in [6.07, 6.45) is 0. The Morgan fingerprint density at radius 2 is 1.58 bits per heavy atom. The summed E-state index contributed by atoms with van der Waals surface area (Å²) in [5, 5.41) is 1.78. The van der Waals surface area contributed by atoms with Gasteiger partial charge in [0.2, 0.25) is 0 Å². The van der Waals surface area contributed by atoms with E-state index in [1.54, 1.807) is 11.3 Å². The fourth-order valence-corrected chi connectivity index (χ4v) is 3.38. The van der Waals surface area contributed by atoms with E-state index < -0.39 is 0 Å². The summed E-state index contributed by atoms with van der Waals surface area (Å²) < 4.78 is 1.15. The first-order valence-electron chi connectivity index (χ1n) is 6.22. The van der Waals surface area contributed by atoms with Crippen molar-refractivity contribution in [2.75, 3.05) is 11.5 Å². The molecular weight excluding hydrogens is 252 g/mol. The third kappa shape index (κ3) is 1.78. The molecule has 1 heterocycles. The van der Waals surface area contributed by atoms with Crippen LogP contribution in [0.4, 0.5) is 10.7 Å². The highest BCUT2D eigenvalue weighted by molar-refractivity contribution is 7.23. The summed E-state index contributed by atoms with van der Waals surface area (Å²) in [6.45, 7) is 4.28. The molecule has 0 spiro atoms. The van der Waals surface area contributed by atoms with Gasteiger partial charge < -0.3 is 11.5 Å². The zero-order valence-corrected chi connectivity index (χ0v) is 11.8. The molecule has 2 aromatic carbocycles. The Morgan fingerprint density at radius 1 is 0.895 bits per heavy atom. The monoisotopic (exact) mass is 268 g/mol. The van der Waals surface area contributed by atoms with Crippen LogP contribution < -0.4 is 11.5 Å². The highest BCUT2D eigenvalue weighted by Gasteiger charge is 2.13. The fourth-order valence-electron chi connectivity index (χ4n) is 2.46. The molecule has 0 atom stereocenters. The lowest BCUT2D eigenvalue weighted by Gasteiger charge is -2.10. The normalized spacial score (nSPS) is 11.1. The average Bonchev–Trinajstić information content (AvgIpc) is 2.69. The molecule has 2 nitrogen and oxygen atoms in total. The molecule has 3 heteroatoms. The Hall–Kier alpha value is -2.00. The van der Waals surface area contributed by atoms with E-state index in [1.807, 2.05) is 0 Å². The Labute approximate surface area is 116 Å². The van der Waals surface area contributed by atoms with Crippen LogP contribution in [0.1, 0.15) is 11.1 Å². The van der Waals surface area contributed by atoms with Crippen LogP contribution >= 0.6 is 11.3 Å². The number of benzene rings is 2. The van der Waals surface area contributed by atoms with E-state index in [0.29, 0.717) is 10.7 Å². The van der Waals surface area contributed by atoms with Crippen LogP contribution in [-0.2, 0) is 0 Å². The first-order valence-corrected chi connectivity index (χ1v) is 7.04. The first kappa shape index (κ1) is 12.1. The number of nitrogens with two attached hydrogens (primary N) is 2. The van der Waals surface area contributed by atoms with E-state index in [9.17, 15) is 0 Å². The van der Waals surface area contributed by atoms with Crippen molar-refractivity contribution in [3.8, 4) is 11.1 Å². The van der Waals surface area contributed by atoms with Gasteiger partial charge in [-0.3, -0.25) is 0 Å². The maximum Gasteiger partial charge on any atom is 0.110 e. The Kier molecular flexibility index (Phi) is 2.72. The number of aryl methyl sites for hydroxylation is 1. The lowest BCUT2D eigenvalue weighted by Crippen LogP contribution is -1.92. The molecule has 1 aromatic heterocycles. The van der Waals surface area contributed by atoms with Crippen LogP contribution in [0.15, 0.2) is 36.4 Å². The number of fused-ring (bicyclic) bond motifs is 1. The van der Waals surface area contributed by atoms with Crippen molar-refractivity contribution in [1.82, 2.24) is 0 Å². The molecule has 0 aliphatic rings. The van der Waals surface area contributed by atoms with Crippen molar-refractivity contribution in [1.29, 1.82) is 0 Å². The summed E-state index contributed by atoms with van der Waals surface area (Å²) in [5.41, 5.74) is 17.8. The van der Waals surface area contributed by atoms with E-state index >= 15 is 0 Å². The molecule has 3 rings (SSSR count). The smallest absolute Gasteiger partial charge is 0.110 e. The number of thiophene rings is 1. The molecular formula is C16H16N2S. The third-order valence-electron chi connectivity index (χ3n) is 3.68. The SMILES string of the molecule is Cc1cccc(-c2cccc3sc(N)c(N)c23)c1C. The van der Waals surface area contributed by atoms with E-state index in [1.165, 1.54) is 22.3 Å². The van der Waals surface area contributed by atoms with Gasteiger partial charge in [0.1, 0.15) is 5.00 Å². The van der Waals surface area contributed by atoms with E-state index in [2.05, 4.69) is 50.2 Å². The molecule has 96 valence electrons. The van der Waals surface area contributed by atoms with Crippen molar-refractivity contribution in [2.24, 2.45) is 0 Å². The van der Waals surface area contributed by atoms with Crippen molar-refractivity contribution in [3.05, 3.63) is 47.5 Å². The minimum absolute atomic E-state index is 0.702. The van der Waals surface area contributed by atoms with Gasteiger partial charge >= 0.3 is 0 Å². The van der Waals surface area contributed by atoms with Gasteiger partial charge in [-0.15, -0.1) is 11.3 Å². The molecule has 0 saturated heterocycles. The molecule has 0 bridgehead atoms. The van der Waals surface area contributed by atoms with Gasteiger partial charge in [0.25, 0.3) is 0 Å². The summed E-state index contributed by atoms with van der Waals surface area (Å²) in [6, 6.07) is 12.6. The number of anilines is 2. The van der Waals surface area contributed by atoms with Crippen molar-refractivity contribution in [2.45, 2.75) is 13.8 Å². The highest BCUT2D eigenvalue weighted by atomic mass is 32.1. The summed E-state index contributed by atoms with van der Waals surface area (Å²) >= 11 is 1.55. The Bertz CT molecular complexity index is 772. The summed E-state index contributed by atoms with van der Waals surface area (Å²) in [7, 11) is 0. The van der Waals surface area contributed by atoms with E-state index in [0.717, 1.165) is 10.1 Å². The lowest BCUT2D eigenvalue weighted by atomic mass is 9.94. The molecule has 0 aliphatic heterocycles. The predicted octanol–water partition coefficient (Wildman–Crippen LogP) is 4.35. The second kappa shape index (κ2) is 4.28. The van der Waals surface area contributed by atoms with Crippen molar-refractivity contribution >= 4 is 32.1 Å². The molecule has 0 radical (unpaired) electrons. The molecule has 19 heavy (non-hydrogen) atoms. The van der Waals surface area contributed by atoms with Gasteiger partial charge in [0, 0.05) is 10.1 Å². The number of nitrogen functional groups attached to an aromatic ring is 2. The van der Waals surface area contributed by atoms with Crippen LogP contribution in [-0.4, -0.2) is 0 Å². The van der Waals surface area contributed by atoms with Gasteiger partial charge in [-0.2, -0.15) is 0 Å². The topological polar surface area (TPSA) is 52.0 Å². The molecule has 3 aromatic rings. The van der Waals surface area contributed by atoms with Crippen molar-refractivity contribution in [3.63, 3.8) is 0 Å². The van der Waals surface area contributed by atoms with Gasteiger partial charge in [0.15, 0.2) is 0 Å². The van der Waals surface area contributed by atoms with Crippen LogP contribution in [0.5, 0.6) is 0 Å². The predicted molar refractivity (Wildman–Crippen MR) is 85.6 cm³/mol. The number of hydrogen-bond donors (Lipinski definition) is 2. The molecule has 0 amide bonds. The lowest BCUT2D eigenvalue weighted by molar-refractivity contribution is 1.34. The second-order valence-corrected chi connectivity index (χ2v) is 5.89. The molecule has 0 aliphatic carbocycles. The fraction of sp³-hybridized carbons (Fsp3) is 0.125. The Balaban J connectivity index is 2.40. The third-order valence-corrected chi connectivity index (χ3v) is 4.68. The van der Waals surface area contributed by atoms with E-state index in [4.69, 9.17) is 11.5 Å². The maximum atomic E-state index is 6.15. The van der Waals surface area contributed by atoms with Gasteiger partial charge in [0.05, 0.1) is 5.69 Å². The van der Waals surface area contributed by atoms with Gasteiger partial charge in [-0.1, -0.05) is 30.3 Å². The zero-order valence-electron chi connectivity index (χ0n) is 11.0. The highest BCUT2D eigenvalue weighted by Crippen LogP contribution is 2.42. The Morgan fingerprint density at radius 3 is 2.37 bits per heavy atom. The molecule has 0 unspecified atom stereocenters. The average molecular weight is 268 g/mol. The van der Waals surface area contributed by atoms with Crippen LogP contribution in [0.3, 0.4) is 0 Å². The van der Waals surface area contributed by atoms with Crippen LogP contribution in [0.25, 0.3) is 21.2 Å². The van der Waals surface area contributed by atoms with Gasteiger partial charge in [-0.05, 0) is 42.2 Å². The minimum atomic E-state index is 0.702. The summed E-state index contributed by atoms with van der Waals surface area (Å²) in [4.78, 5) is 0. The quantitative estimate of drug-likeness (QED) is 0.689.